The van der Waals surface area contributed by atoms with Crippen LogP contribution < -0.4 is 0 Å². The molecule has 64 valence electrons. The maximum Gasteiger partial charge on any atom is 0.0492 e. The van der Waals surface area contributed by atoms with Crippen LogP contribution in [-0.2, 0) is 4.18 Å². The minimum absolute atomic E-state index is 0.529. The van der Waals surface area contributed by atoms with Crippen molar-refractivity contribution in [3.63, 3.8) is 0 Å². The second kappa shape index (κ2) is 3.88. The van der Waals surface area contributed by atoms with Gasteiger partial charge in [-0.3, -0.25) is 0 Å². The lowest BCUT2D eigenvalue weighted by Crippen LogP contribution is -2.16. The predicted molar refractivity (Wildman–Crippen MR) is 53.9 cm³/mol. The predicted octanol–water partition coefficient (Wildman–Crippen LogP) is 3.01. The molecule has 0 aromatic heterocycles. The van der Waals surface area contributed by atoms with Gasteiger partial charge in [0, 0.05) is 17.6 Å². The Hall–Kier alpha value is 0.660. The molecule has 0 aliphatic heterocycles. The quantitative estimate of drug-likeness (QED) is 0.521. The van der Waals surface area contributed by atoms with E-state index < -0.39 is 9.34 Å². The highest BCUT2D eigenvalue weighted by Gasteiger charge is 2.26. The van der Waals surface area contributed by atoms with Gasteiger partial charge >= 0.3 is 0 Å². The zero-order valence-electron chi connectivity index (χ0n) is 7.42. The lowest BCUT2D eigenvalue weighted by Gasteiger charge is -2.40. The number of hydrogen-bond donors (Lipinski definition) is 1. The smallest absolute Gasteiger partial charge is 0.0492 e. The van der Waals surface area contributed by atoms with Crippen LogP contribution in [0.1, 0.15) is 27.7 Å². The summed E-state index contributed by atoms with van der Waals surface area (Å²) in [5, 5.41) is 1.06. The molecule has 0 saturated heterocycles. The Balaban J connectivity index is 4.23. The van der Waals surface area contributed by atoms with Gasteiger partial charge in [0.25, 0.3) is 0 Å². The average molecular weight is 182 g/mol. The molecule has 0 amide bonds. The van der Waals surface area contributed by atoms with Gasteiger partial charge in [-0.1, -0.05) is 37.0 Å². The van der Waals surface area contributed by atoms with Gasteiger partial charge < -0.3 is 4.18 Å². The zero-order valence-corrected chi connectivity index (χ0v) is 9.13. The topological polar surface area (TPSA) is 9.23 Å². The highest BCUT2D eigenvalue weighted by Crippen LogP contribution is 2.60. The Morgan fingerprint density at radius 3 is 1.40 bits per heavy atom. The van der Waals surface area contributed by atoms with Crippen LogP contribution >= 0.6 is 21.0 Å². The molecule has 0 aliphatic rings. The van der Waals surface area contributed by atoms with Gasteiger partial charge in [-0.15, -0.1) is 11.7 Å². The first-order chi connectivity index (χ1) is 4.45. The first-order valence-corrected chi connectivity index (χ1v) is 6.28. The third kappa shape index (κ3) is 2.07. The van der Waals surface area contributed by atoms with Crippen molar-refractivity contribution in [2.75, 3.05) is 7.11 Å². The minimum Gasteiger partial charge on any atom is -0.330 e. The Morgan fingerprint density at radius 1 is 1.10 bits per heavy atom. The van der Waals surface area contributed by atoms with E-state index in [1.807, 2.05) is 0 Å². The maximum atomic E-state index is 5.41. The standard InChI is InChI=1S/C7H18OS2/c1-6(2)10(9,8-5)7(3)4/h6-7,9H,1-5H3. The molecular weight excluding hydrogens is 164 g/mol. The number of hydrogen-bond acceptors (Lipinski definition) is 2. The molecule has 10 heavy (non-hydrogen) atoms. The van der Waals surface area contributed by atoms with Gasteiger partial charge in [0.2, 0.25) is 0 Å². The molecule has 0 aromatic carbocycles. The van der Waals surface area contributed by atoms with E-state index >= 15 is 0 Å². The maximum absolute atomic E-state index is 5.41. The van der Waals surface area contributed by atoms with Gasteiger partial charge in [0.05, 0.1) is 0 Å². The molecule has 1 nitrogen and oxygen atoms in total. The molecule has 0 aliphatic carbocycles. The molecule has 0 N–H and O–H groups in total. The van der Waals surface area contributed by atoms with Crippen LogP contribution in [0.5, 0.6) is 0 Å². The van der Waals surface area contributed by atoms with E-state index in [1.54, 1.807) is 7.11 Å². The fraction of sp³-hybridized carbons (Fsp3) is 1.00. The molecule has 0 aromatic rings. The highest BCUT2D eigenvalue weighted by molar-refractivity contribution is 8.86. The summed E-state index contributed by atoms with van der Waals surface area (Å²) in [4.78, 5) is 0. The monoisotopic (exact) mass is 182 g/mol. The van der Waals surface area contributed by atoms with Crippen molar-refractivity contribution >= 4 is 21.0 Å². The number of thiol groups is 1. The van der Waals surface area contributed by atoms with Gasteiger partial charge in [-0.2, -0.15) is 0 Å². The Kier molecular flexibility index (Phi) is 4.14. The summed E-state index contributed by atoms with van der Waals surface area (Å²) >= 11 is 4.57. The molecule has 0 radical (unpaired) electrons. The van der Waals surface area contributed by atoms with Gasteiger partial charge in [0.15, 0.2) is 0 Å². The summed E-state index contributed by atoms with van der Waals surface area (Å²) in [5.74, 6) is 0. The van der Waals surface area contributed by atoms with Crippen LogP contribution in [0.3, 0.4) is 0 Å². The van der Waals surface area contributed by atoms with E-state index in [9.17, 15) is 0 Å². The first-order valence-electron chi connectivity index (χ1n) is 3.54. The minimum atomic E-state index is -1.12. The van der Waals surface area contributed by atoms with Crippen LogP contribution in [0.4, 0.5) is 0 Å². The Morgan fingerprint density at radius 2 is 1.40 bits per heavy atom. The molecule has 3 heteroatoms. The fourth-order valence-corrected chi connectivity index (χ4v) is 2.79. The molecule has 0 bridgehead atoms. The normalized spacial score (nSPS) is 14.8. The fourth-order valence-electron chi connectivity index (χ4n) is 0.929. The van der Waals surface area contributed by atoms with Crippen molar-refractivity contribution in [1.29, 1.82) is 0 Å². The summed E-state index contributed by atoms with van der Waals surface area (Å²) in [6.07, 6.45) is 0. The van der Waals surface area contributed by atoms with Crippen LogP contribution in [0, 0.1) is 0 Å². The van der Waals surface area contributed by atoms with Crippen molar-refractivity contribution in [3.8, 4) is 0 Å². The second-order valence-corrected chi connectivity index (χ2v) is 8.04. The van der Waals surface area contributed by atoms with Crippen molar-refractivity contribution in [2.24, 2.45) is 0 Å². The van der Waals surface area contributed by atoms with E-state index in [0.29, 0.717) is 10.5 Å². The van der Waals surface area contributed by atoms with E-state index in [1.165, 1.54) is 0 Å². The van der Waals surface area contributed by atoms with E-state index in [4.69, 9.17) is 4.18 Å². The van der Waals surface area contributed by atoms with Crippen molar-refractivity contribution < 1.29 is 4.18 Å². The average Bonchev–Trinajstić information content (AvgIpc) is 1.85. The van der Waals surface area contributed by atoms with E-state index in [-0.39, 0.29) is 0 Å². The lowest BCUT2D eigenvalue weighted by atomic mass is 10.5. The highest BCUT2D eigenvalue weighted by atomic mass is 33.1. The molecule has 0 spiro atoms. The summed E-state index contributed by atoms with van der Waals surface area (Å²) in [6.45, 7) is 8.63. The summed E-state index contributed by atoms with van der Waals surface area (Å²) in [5.41, 5.74) is 0. The molecule has 0 atom stereocenters. The van der Waals surface area contributed by atoms with Crippen LogP contribution in [0.15, 0.2) is 0 Å². The molecule has 0 rings (SSSR count). The van der Waals surface area contributed by atoms with Crippen molar-refractivity contribution in [2.45, 2.75) is 38.2 Å². The SMILES string of the molecule is COS(S)(C(C)C)C(C)C. The zero-order chi connectivity index (χ0) is 8.36. The van der Waals surface area contributed by atoms with Gasteiger partial charge in [-0.25, -0.2) is 0 Å². The molecule has 0 heterocycles. The molecule has 0 unspecified atom stereocenters. The Bertz CT molecular complexity index is 93.8. The summed E-state index contributed by atoms with van der Waals surface area (Å²) < 4.78 is 5.41. The van der Waals surface area contributed by atoms with Crippen LogP contribution in [-0.4, -0.2) is 17.6 Å². The third-order valence-electron chi connectivity index (χ3n) is 1.62. The van der Waals surface area contributed by atoms with Gasteiger partial charge in [0.1, 0.15) is 0 Å². The van der Waals surface area contributed by atoms with Crippen molar-refractivity contribution in [1.82, 2.24) is 0 Å². The number of rotatable bonds is 3. The Labute approximate surface area is 70.9 Å². The first kappa shape index (κ1) is 10.7. The van der Waals surface area contributed by atoms with E-state index in [0.717, 1.165) is 0 Å². The summed E-state index contributed by atoms with van der Waals surface area (Å²) in [6, 6.07) is 0. The van der Waals surface area contributed by atoms with Crippen LogP contribution in [0.2, 0.25) is 0 Å². The van der Waals surface area contributed by atoms with Gasteiger partial charge in [-0.05, 0) is 0 Å². The summed E-state index contributed by atoms with van der Waals surface area (Å²) in [7, 11) is 0.637. The van der Waals surface area contributed by atoms with E-state index in [2.05, 4.69) is 39.4 Å². The van der Waals surface area contributed by atoms with Crippen molar-refractivity contribution in [3.05, 3.63) is 0 Å². The molecular formula is C7H18OS2. The lowest BCUT2D eigenvalue weighted by molar-refractivity contribution is 0.464. The second-order valence-electron chi connectivity index (χ2n) is 2.88. The third-order valence-corrected chi connectivity index (χ3v) is 7.83. The van der Waals surface area contributed by atoms with Crippen LogP contribution in [0.25, 0.3) is 0 Å². The molecule has 0 saturated carbocycles. The molecule has 0 fully saturated rings. The largest absolute Gasteiger partial charge is 0.330 e.